The summed E-state index contributed by atoms with van der Waals surface area (Å²) in [4.78, 5) is 12.9. The number of hydrogen-bond donors (Lipinski definition) is 0. The summed E-state index contributed by atoms with van der Waals surface area (Å²) in [6.45, 7) is 2.90. The molecule has 3 rings (SSSR count). The zero-order chi connectivity index (χ0) is 14.8. The Bertz CT molecular complexity index is 687. The first-order chi connectivity index (χ1) is 10.2. The monoisotopic (exact) mass is 281 g/mol. The van der Waals surface area contributed by atoms with Crippen LogP contribution < -0.4 is 0 Å². The zero-order valence-electron chi connectivity index (χ0n) is 12.4. The lowest BCUT2D eigenvalue weighted by Gasteiger charge is -2.36. The first-order valence-electron chi connectivity index (χ1n) is 7.17. The lowest BCUT2D eigenvalue weighted by atomic mass is 9.91. The number of hydrogen-bond acceptors (Lipinski definition) is 3. The fourth-order valence-electron chi connectivity index (χ4n) is 3.11. The van der Waals surface area contributed by atoms with Gasteiger partial charge >= 0.3 is 0 Å². The lowest BCUT2D eigenvalue weighted by molar-refractivity contribution is -0.104. The van der Waals surface area contributed by atoms with Crippen LogP contribution in [0.15, 0.2) is 42.6 Å². The highest BCUT2D eigenvalue weighted by atomic mass is 16.1. The topological polar surface area (TPSA) is 38.1 Å². The summed E-state index contributed by atoms with van der Waals surface area (Å²) >= 11 is 0. The van der Waals surface area contributed by atoms with Gasteiger partial charge in [0.05, 0.1) is 17.4 Å². The molecule has 2 aromatic rings. The van der Waals surface area contributed by atoms with E-state index in [9.17, 15) is 4.79 Å². The van der Waals surface area contributed by atoms with Gasteiger partial charge in [0.1, 0.15) is 6.29 Å². The maximum absolute atomic E-state index is 10.7. The Morgan fingerprint density at radius 2 is 2.14 bits per heavy atom. The van der Waals surface area contributed by atoms with E-state index in [1.807, 2.05) is 24.9 Å². The molecule has 0 amide bonds. The molecule has 1 unspecified atom stereocenters. The maximum atomic E-state index is 10.7. The molecule has 0 saturated carbocycles. The van der Waals surface area contributed by atoms with Crippen molar-refractivity contribution in [3.8, 4) is 0 Å². The number of benzene rings is 1. The summed E-state index contributed by atoms with van der Waals surface area (Å²) < 4.78 is 1.93. The third-order valence-electron chi connectivity index (χ3n) is 4.00. The normalized spacial score (nSPS) is 18.0. The number of nitrogens with zero attached hydrogens (tertiary/aromatic N) is 3. The van der Waals surface area contributed by atoms with E-state index in [0.29, 0.717) is 0 Å². The molecule has 2 heterocycles. The van der Waals surface area contributed by atoms with Gasteiger partial charge in [-0.05, 0) is 36.6 Å². The minimum Gasteiger partial charge on any atom is -0.364 e. The van der Waals surface area contributed by atoms with E-state index >= 15 is 0 Å². The molecule has 4 heteroatoms. The first-order valence-corrected chi connectivity index (χ1v) is 7.17. The van der Waals surface area contributed by atoms with Gasteiger partial charge in [-0.1, -0.05) is 24.3 Å². The van der Waals surface area contributed by atoms with Gasteiger partial charge in [0.25, 0.3) is 0 Å². The average Bonchev–Trinajstić information content (AvgIpc) is 2.82. The molecule has 0 spiro atoms. The summed E-state index contributed by atoms with van der Waals surface area (Å²) in [6, 6.07) is 10.7. The quantitative estimate of drug-likeness (QED) is 0.640. The Hall–Kier alpha value is -2.36. The molecule has 0 fully saturated rings. The van der Waals surface area contributed by atoms with Crippen LogP contribution >= 0.6 is 0 Å². The molecular weight excluding hydrogens is 262 g/mol. The highest BCUT2D eigenvalue weighted by Crippen LogP contribution is 2.35. The largest absolute Gasteiger partial charge is 0.364 e. The first kappa shape index (κ1) is 13.6. The van der Waals surface area contributed by atoms with Crippen molar-refractivity contribution in [3.63, 3.8) is 0 Å². The van der Waals surface area contributed by atoms with Crippen LogP contribution in [0.3, 0.4) is 0 Å². The number of aromatic nitrogens is 2. The van der Waals surface area contributed by atoms with Crippen molar-refractivity contribution in [2.75, 3.05) is 6.54 Å². The summed E-state index contributed by atoms with van der Waals surface area (Å²) in [5, 5.41) is 4.47. The molecule has 1 aromatic heterocycles. The van der Waals surface area contributed by atoms with Gasteiger partial charge in [-0.3, -0.25) is 9.48 Å². The van der Waals surface area contributed by atoms with Gasteiger partial charge in [-0.2, -0.15) is 5.10 Å². The standard InChI is InChI=1S/C17H19N3O/c1-13-12-16(19(2)18-13)17-15-7-4-3-6-14(15)8-10-20(17)9-5-11-21/h3-7,9,11-12,17H,8,10H2,1-2H3. The molecule has 0 N–H and O–H groups in total. The molecule has 1 aliphatic rings. The van der Waals surface area contributed by atoms with Crippen molar-refractivity contribution < 1.29 is 4.79 Å². The predicted molar refractivity (Wildman–Crippen MR) is 81.8 cm³/mol. The van der Waals surface area contributed by atoms with Crippen molar-refractivity contribution in [2.45, 2.75) is 19.4 Å². The Morgan fingerprint density at radius 3 is 2.86 bits per heavy atom. The van der Waals surface area contributed by atoms with E-state index in [-0.39, 0.29) is 6.04 Å². The molecule has 21 heavy (non-hydrogen) atoms. The molecule has 0 aliphatic carbocycles. The van der Waals surface area contributed by atoms with Crippen LogP contribution in [0.4, 0.5) is 0 Å². The highest BCUT2D eigenvalue weighted by molar-refractivity contribution is 5.64. The van der Waals surface area contributed by atoms with Crippen molar-refractivity contribution in [1.29, 1.82) is 0 Å². The van der Waals surface area contributed by atoms with Gasteiger partial charge in [0.2, 0.25) is 0 Å². The molecule has 1 aliphatic heterocycles. The Kier molecular flexibility index (Phi) is 3.60. The Balaban J connectivity index is 2.12. The number of carbonyl (C=O) groups is 1. The number of aldehydes is 1. The highest BCUT2D eigenvalue weighted by Gasteiger charge is 2.28. The zero-order valence-corrected chi connectivity index (χ0v) is 12.4. The summed E-state index contributed by atoms with van der Waals surface area (Å²) in [6.07, 6.45) is 5.26. The lowest BCUT2D eigenvalue weighted by Crippen LogP contribution is -2.33. The molecule has 0 saturated heterocycles. The molecule has 108 valence electrons. The number of allylic oxidation sites excluding steroid dienone is 1. The van der Waals surface area contributed by atoms with Gasteiger partial charge in [-0.15, -0.1) is 0 Å². The maximum Gasteiger partial charge on any atom is 0.144 e. The number of rotatable bonds is 3. The van der Waals surface area contributed by atoms with Crippen molar-refractivity contribution in [2.24, 2.45) is 7.05 Å². The molecule has 0 bridgehead atoms. The average molecular weight is 281 g/mol. The number of aryl methyl sites for hydroxylation is 2. The van der Waals surface area contributed by atoms with Gasteiger partial charge in [-0.25, -0.2) is 0 Å². The van der Waals surface area contributed by atoms with Crippen LogP contribution in [0.1, 0.15) is 28.6 Å². The summed E-state index contributed by atoms with van der Waals surface area (Å²) in [5.74, 6) is 0. The van der Waals surface area contributed by atoms with E-state index < -0.39 is 0 Å². The van der Waals surface area contributed by atoms with E-state index in [0.717, 1.165) is 30.6 Å². The molecule has 4 nitrogen and oxygen atoms in total. The fourth-order valence-corrected chi connectivity index (χ4v) is 3.11. The van der Waals surface area contributed by atoms with E-state index in [2.05, 4.69) is 40.3 Å². The number of fused-ring (bicyclic) bond motifs is 1. The number of carbonyl (C=O) groups excluding carboxylic acids is 1. The van der Waals surface area contributed by atoms with Crippen LogP contribution in [0.5, 0.6) is 0 Å². The summed E-state index contributed by atoms with van der Waals surface area (Å²) in [7, 11) is 1.97. The minimum absolute atomic E-state index is 0.109. The third kappa shape index (κ3) is 2.49. The molecule has 1 atom stereocenters. The third-order valence-corrected chi connectivity index (χ3v) is 4.00. The summed E-state index contributed by atoms with van der Waals surface area (Å²) in [5.41, 5.74) is 4.82. The predicted octanol–water partition coefficient (Wildman–Crippen LogP) is 2.39. The molecule has 1 aromatic carbocycles. The van der Waals surface area contributed by atoms with Gasteiger partial charge in [0.15, 0.2) is 0 Å². The van der Waals surface area contributed by atoms with E-state index in [1.54, 1.807) is 6.08 Å². The van der Waals surface area contributed by atoms with Crippen LogP contribution in [0.25, 0.3) is 0 Å². The van der Waals surface area contributed by atoms with Crippen LogP contribution in [0.2, 0.25) is 0 Å². The SMILES string of the molecule is Cc1cc(C2c3ccccc3CCN2C=CC=O)n(C)n1. The van der Waals surface area contributed by atoms with Crippen LogP contribution in [-0.2, 0) is 18.3 Å². The van der Waals surface area contributed by atoms with Gasteiger partial charge < -0.3 is 4.90 Å². The Labute approximate surface area is 124 Å². The van der Waals surface area contributed by atoms with Crippen LogP contribution in [0, 0.1) is 6.92 Å². The fraction of sp³-hybridized carbons (Fsp3) is 0.294. The van der Waals surface area contributed by atoms with E-state index in [1.165, 1.54) is 11.1 Å². The van der Waals surface area contributed by atoms with Crippen molar-refractivity contribution >= 4 is 6.29 Å². The molecule has 0 radical (unpaired) electrons. The smallest absolute Gasteiger partial charge is 0.144 e. The van der Waals surface area contributed by atoms with Crippen molar-refractivity contribution in [1.82, 2.24) is 14.7 Å². The second-order valence-electron chi connectivity index (χ2n) is 5.40. The van der Waals surface area contributed by atoms with Gasteiger partial charge in [0, 0.05) is 19.8 Å². The van der Waals surface area contributed by atoms with Crippen LogP contribution in [-0.4, -0.2) is 27.5 Å². The second-order valence-corrected chi connectivity index (χ2v) is 5.40. The minimum atomic E-state index is 0.109. The van der Waals surface area contributed by atoms with Crippen molar-refractivity contribution in [3.05, 3.63) is 65.1 Å². The second kappa shape index (κ2) is 5.56. The molecular formula is C17H19N3O. The Morgan fingerprint density at radius 1 is 1.33 bits per heavy atom. The van der Waals surface area contributed by atoms with E-state index in [4.69, 9.17) is 0 Å².